The quantitative estimate of drug-likeness (QED) is 0.491. The molecule has 31 heavy (non-hydrogen) atoms. The molecule has 1 aliphatic rings. The fourth-order valence-corrected chi connectivity index (χ4v) is 5.07. The van der Waals surface area contributed by atoms with Crippen LogP contribution < -0.4 is 0 Å². The Kier molecular flexibility index (Phi) is 5.11. The minimum absolute atomic E-state index is 0.100. The summed E-state index contributed by atoms with van der Waals surface area (Å²) in [7, 11) is 4.23. The van der Waals surface area contributed by atoms with E-state index < -0.39 is 0 Å². The molecule has 0 bridgehead atoms. The third-order valence-corrected chi connectivity index (χ3v) is 6.93. The Morgan fingerprint density at radius 1 is 1.23 bits per heavy atom. The molecule has 0 atom stereocenters. The Morgan fingerprint density at radius 3 is 2.74 bits per heavy atom. The lowest BCUT2D eigenvalue weighted by Crippen LogP contribution is -2.44. The second kappa shape index (κ2) is 7.94. The van der Waals surface area contributed by atoms with Gasteiger partial charge in [0.05, 0.1) is 16.8 Å². The number of thiazole rings is 1. The lowest BCUT2D eigenvalue weighted by Gasteiger charge is -2.35. The number of fused-ring (bicyclic) bond motifs is 1. The van der Waals surface area contributed by atoms with Gasteiger partial charge in [0.1, 0.15) is 11.5 Å². The average molecular weight is 435 g/mol. The molecule has 0 aliphatic carbocycles. The number of pyridine rings is 1. The number of nitrogens with zero attached hydrogens (tertiary/aromatic N) is 6. The number of piperidine rings is 1. The average Bonchev–Trinajstić information content (AvgIpc) is 3.51. The standard InChI is InChI=1S/C23H26N6OS/c1-16-25-19(15-29(16)23-24-9-13-31-23)21-14-18(20-6-4-5-10-28(20)21)22(30)27-11-7-17(8-12-27)26(2)3/h4-6,9-10,13-15,17H,7-8,11-12H2,1-3H3. The molecule has 5 heterocycles. The molecule has 1 saturated heterocycles. The van der Waals surface area contributed by atoms with Crippen LogP contribution in [0.25, 0.3) is 22.0 Å². The molecule has 8 heteroatoms. The van der Waals surface area contributed by atoms with Gasteiger partial charge in [0, 0.05) is 43.1 Å². The summed E-state index contributed by atoms with van der Waals surface area (Å²) in [6.07, 6.45) is 7.81. The van der Waals surface area contributed by atoms with Gasteiger partial charge in [-0.05, 0) is 52.1 Å². The number of hydrogen-bond acceptors (Lipinski definition) is 5. The van der Waals surface area contributed by atoms with E-state index in [9.17, 15) is 4.79 Å². The summed E-state index contributed by atoms with van der Waals surface area (Å²) >= 11 is 1.57. The maximum Gasteiger partial charge on any atom is 0.256 e. The molecule has 0 spiro atoms. The molecule has 0 radical (unpaired) electrons. The summed E-state index contributed by atoms with van der Waals surface area (Å²) in [5.41, 5.74) is 3.40. The van der Waals surface area contributed by atoms with Gasteiger partial charge >= 0.3 is 0 Å². The van der Waals surface area contributed by atoms with Crippen molar-refractivity contribution in [3.05, 3.63) is 59.6 Å². The Labute approximate surface area is 185 Å². The molecule has 1 amide bonds. The van der Waals surface area contributed by atoms with Crippen LogP contribution in [-0.4, -0.2) is 67.9 Å². The first-order valence-corrected chi connectivity index (χ1v) is 11.4. The first kappa shape index (κ1) is 20.0. The van der Waals surface area contributed by atoms with Crippen LogP contribution in [0.5, 0.6) is 0 Å². The van der Waals surface area contributed by atoms with Crippen LogP contribution in [0.2, 0.25) is 0 Å². The smallest absolute Gasteiger partial charge is 0.256 e. The van der Waals surface area contributed by atoms with E-state index in [1.165, 1.54) is 0 Å². The molecule has 7 nitrogen and oxygen atoms in total. The van der Waals surface area contributed by atoms with Gasteiger partial charge in [-0.1, -0.05) is 6.07 Å². The van der Waals surface area contributed by atoms with Crippen molar-refractivity contribution in [2.45, 2.75) is 25.8 Å². The zero-order chi connectivity index (χ0) is 21.5. The van der Waals surface area contributed by atoms with Crippen LogP contribution in [-0.2, 0) is 0 Å². The molecule has 0 saturated carbocycles. The molecule has 0 N–H and O–H groups in total. The Bertz CT molecular complexity index is 1210. The van der Waals surface area contributed by atoms with Crippen LogP contribution in [0.3, 0.4) is 0 Å². The van der Waals surface area contributed by atoms with Crippen molar-refractivity contribution in [2.24, 2.45) is 0 Å². The highest BCUT2D eigenvalue weighted by Gasteiger charge is 2.27. The van der Waals surface area contributed by atoms with Crippen LogP contribution in [0.15, 0.2) is 48.2 Å². The highest BCUT2D eigenvalue weighted by molar-refractivity contribution is 7.12. The molecule has 5 rings (SSSR count). The molecule has 1 fully saturated rings. The topological polar surface area (TPSA) is 58.7 Å². The molecule has 0 unspecified atom stereocenters. The number of carbonyl (C=O) groups is 1. The SMILES string of the molecule is Cc1nc(-c2cc(C(=O)N3CCC(N(C)C)CC3)c3ccccn23)cn1-c1nccs1. The van der Waals surface area contributed by atoms with E-state index in [4.69, 9.17) is 4.98 Å². The largest absolute Gasteiger partial charge is 0.338 e. The lowest BCUT2D eigenvalue weighted by molar-refractivity contribution is 0.0665. The zero-order valence-electron chi connectivity index (χ0n) is 18.0. The van der Waals surface area contributed by atoms with Gasteiger partial charge in [-0.2, -0.15) is 0 Å². The van der Waals surface area contributed by atoms with Crippen LogP contribution >= 0.6 is 11.3 Å². The van der Waals surface area contributed by atoms with E-state index in [1.807, 2.05) is 58.4 Å². The van der Waals surface area contributed by atoms with Gasteiger partial charge in [-0.3, -0.25) is 9.36 Å². The number of carbonyl (C=O) groups excluding carboxylic acids is 1. The number of hydrogen-bond donors (Lipinski definition) is 0. The van der Waals surface area contributed by atoms with Crippen molar-refractivity contribution < 1.29 is 4.79 Å². The van der Waals surface area contributed by atoms with Crippen molar-refractivity contribution in [2.75, 3.05) is 27.2 Å². The van der Waals surface area contributed by atoms with Gasteiger partial charge in [0.2, 0.25) is 0 Å². The first-order valence-electron chi connectivity index (χ1n) is 10.5. The fraction of sp³-hybridized carbons (Fsp3) is 0.348. The number of aryl methyl sites for hydroxylation is 1. The van der Waals surface area contributed by atoms with Crippen LogP contribution in [0.4, 0.5) is 0 Å². The maximum absolute atomic E-state index is 13.5. The van der Waals surface area contributed by atoms with Gasteiger partial charge < -0.3 is 14.2 Å². The number of amides is 1. The number of rotatable bonds is 4. The van der Waals surface area contributed by atoms with Crippen molar-refractivity contribution in [3.8, 4) is 16.5 Å². The van der Waals surface area contributed by atoms with Crippen LogP contribution in [0, 0.1) is 6.92 Å². The van der Waals surface area contributed by atoms with Gasteiger partial charge in [-0.25, -0.2) is 9.97 Å². The number of likely N-dealkylation sites (tertiary alicyclic amines) is 1. The summed E-state index contributed by atoms with van der Waals surface area (Å²) in [5, 5.41) is 2.84. The molecule has 4 aromatic rings. The van der Waals surface area contributed by atoms with Crippen molar-refractivity contribution in [1.29, 1.82) is 0 Å². The molecule has 160 valence electrons. The van der Waals surface area contributed by atoms with Gasteiger partial charge in [0.15, 0.2) is 5.13 Å². The van der Waals surface area contributed by atoms with Crippen molar-refractivity contribution in [3.63, 3.8) is 0 Å². The summed E-state index contributed by atoms with van der Waals surface area (Å²) in [4.78, 5) is 26.9. The Morgan fingerprint density at radius 2 is 2.03 bits per heavy atom. The third-order valence-electron chi connectivity index (χ3n) is 6.16. The highest BCUT2D eigenvalue weighted by atomic mass is 32.1. The molecular weight excluding hydrogens is 408 g/mol. The molecule has 0 aromatic carbocycles. The highest BCUT2D eigenvalue weighted by Crippen LogP contribution is 2.29. The summed E-state index contributed by atoms with van der Waals surface area (Å²) in [6, 6.07) is 8.51. The lowest BCUT2D eigenvalue weighted by atomic mass is 10.0. The number of aromatic nitrogens is 4. The minimum Gasteiger partial charge on any atom is -0.338 e. The minimum atomic E-state index is 0.100. The molecule has 1 aliphatic heterocycles. The second-order valence-electron chi connectivity index (χ2n) is 8.24. The predicted octanol–water partition coefficient (Wildman–Crippen LogP) is 3.72. The predicted molar refractivity (Wildman–Crippen MR) is 123 cm³/mol. The van der Waals surface area contributed by atoms with Crippen molar-refractivity contribution >= 4 is 22.8 Å². The molecule has 4 aromatic heterocycles. The van der Waals surface area contributed by atoms with E-state index >= 15 is 0 Å². The number of imidazole rings is 1. The van der Waals surface area contributed by atoms with E-state index in [-0.39, 0.29) is 5.91 Å². The van der Waals surface area contributed by atoms with Gasteiger partial charge in [-0.15, -0.1) is 11.3 Å². The third kappa shape index (κ3) is 3.55. The molecular formula is C23H26N6OS. The summed E-state index contributed by atoms with van der Waals surface area (Å²) < 4.78 is 4.06. The monoisotopic (exact) mass is 434 g/mol. The second-order valence-corrected chi connectivity index (χ2v) is 9.12. The Hall–Kier alpha value is -2.97. The summed E-state index contributed by atoms with van der Waals surface area (Å²) in [5.74, 6) is 0.970. The van der Waals surface area contributed by atoms with E-state index in [0.29, 0.717) is 6.04 Å². The Balaban J connectivity index is 1.51. The van der Waals surface area contributed by atoms with E-state index in [2.05, 4.69) is 28.4 Å². The van der Waals surface area contributed by atoms with E-state index in [1.54, 1.807) is 17.5 Å². The van der Waals surface area contributed by atoms with E-state index in [0.717, 1.165) is 59.4 Å². The van der Waals surface area contributed by atoms with Crippen molar-refractivity contribution in [1.82, 2.24) is 28.7 Å². The van der Waals surface area contributed by atoms with Crippen LogP contribution in [0.1, 0.15) is 29.0 Å². The zero-order valence-corrected chi connectivity index (χ0v) is 18.8. The maximum atomic E-state index is 13.5. The first-order chi connectivity index (χ1) is 15.0. The summed E-state index contributed by atoms with van der Waals surface area (Å²) in [6.45, 7) is 3.56. The fourth-order valence-electron chi connectivity index (χ4n) is 4.40. The normalized spacial score (nSPS) is 15.3. The van der Waals surface area contributed by atoms with Gasteiger partial charge in [0.25, 0.3) is 5.91 Å².